The number of halogens is 1. The monoisotopic (exact) mass is 153 g/mol. The van der Waals surface area contributed by atoms with Gasteiger partial charge in [-0.15, -0.1) is 0 Å². The minimum Gasteiger partial charge on any atom is -1.00 e. The summed E-state index contributed by atoms with van der Waals surface area (Å²) in [6.45, 7) is 6.40. The number of hydrogen-bond acceptors (Lipinski definition) is 1. The Morgan fingerprint density at radius 3 is 1.78 bits per heavy atom. The van der Waals surface area contributed by atoms with Gasteiger partial charge in [0.25, 0.3) is 0 Å². The van der Waals surface area contributed by atoms with E-state index in [1.807, 2.05) is 0 Å². The number of rotatable bonds is 1. The molecule has 0 aliphatic rings. The maximum absolute atomic E-state index is 8.61. The van der Waals surface area contributed by atoms with Crippen LogP contribution in [0.2, 0.25) is 0 Å². The zero-order chi connectivity index (χ0) is 6.78. The molecule has 0 unspecified atom stereocenters. The van der Waals surface area contributed by atoms with Crippen LogP contribution >= 0.6 is 0 Å². The standard InChI is InChI=1S/C6H15NO.ClH/c1-6(2,3)5(7)4-8;/h5,8H,4,7H2,1-3H3;1H/t5-;/m1./s1. The molecule has 9 heavy (non-hydrogen) atoms. The highest BCUT2D eigenvalue weighted by Gasteiger charge is 2.22. The second kappa shape index (κ2) is 4.09. The van der Waals surface area contributed by atoms with Gasteiger partial charge in [0.05, 0.1) is 6.61 Å². The number of aliphatic hydroxyl groups is 1. The molecule has 0 amide bonds. The lowest BCUT2D eigenvalue weighted by molar-refractivity contribution is -0.448. The van der Waals surface area contributed by atoms with E-state index in [-0.39, 0.29) is 30.5 Å². The first-order chi connectivity index (χ1) is 3.48. The summed E-state index contributed by atoms with van der Waals surface area (Å²) in [5.41, 5.74) is 3.93. The van der Waals surface area contributed by atoms with E-state index in [0.29, 0.717) is 0 Å². The van der Waals surface area contributed by atoms with Crippen molar-refractivity contribution in [3.8, 4) is 0 Å². The highest BCUT2D eigenvalue weighted by Crippen LogP contribution is 2.14. The molecule has 0 aliphatic carbocycles. The summed E-state index contributed by atoms with van der Waals surface area (Å²) in [4.78, 5) is 0. The van der Waals surface area contributed by atoms with Crippen molar-refractivity contribution in [3.63, 3.8) is 0 Å². The van der Waals surface area contributed by atoms with Crippen LogP contribution < -0.4 is 18.1 Å². The van der Waals surface area contributed by atoms with Crippen molar-refractivity contribution < 1.29 is 23.2 Å². The van der Waals surface area contributed by atoms with E-state index in [4.69, 9.17) is 5.11 Å². The van der Waals surface area contributed by atoms with Gasteiger partial charge < -0.3 is 23.2 Å². The Labute approximate surface area is 62.9 Å². The molecule has 0 aromatic carbocycles. The maximum atomic E-state index is 8.61. The first kappa shape index (κ1) is 11.9. The van der Waals surface area contributed by atoms with Crippen LogP contribution in [0.25, 0.3) is 0 Å². The van der Waals surface area contributed by atoms with E-state index in [9.17, 15) is 0 Å². The molecule has 2 nitrogen and oxygen atoms in total. The van der Waals surface area contributed by atoms with Gasteiger partial charge in [0, 0.05) is 5.41 Å². The minimum absolute atomic E-state index is 0. The van der Waals surface area contributed by atoms with Gasteiger partial charge in [-0.25, -0.2) is 0 Å². The normalized spacial score (nSPS) is 14.3. The Morgan fingerprint density at radius 1 is 1.44 bits per heavy atom. The van der Waals surface area contributed by atoms with Crippen LogP contribution in [0.1, 0.15) is 20.8 Å². The average Bonchev–Trinajstić information content (AvgIpc) is 1.62. The predicted molar refractivity (Wildman–Crippen MR) is 33.2 cm³/mol. The van der Waals surface area contributed by atoms with Gasteiger partial charge in [-0.2, -0.15) is 0 Å². The molecule has 3 heteroatoms. The maximum Gasteiger partial charge on any atom is 0.113 e. The third-order valence-corrected chi connectivity index (χ3v) is 1.45. The lowest BCUT2D eigenvalue weighted by Gasteiger charge is -2.20. The molecule has 0 spiro atoms. The van der Waals surface area contributed by atoms with E-state index >= 15 is 0 Å². The number of aliphatic hydroxyl groups excluding tert-OH is 1. The molecule has 0 bridgehead atoms. The fourth-order valence-electron chi connectivity index (χ4n) is 0.274. The summed E-state index contributed by atoms with van der Waals surface area (Å²) in [6.07, 6.45) is 0. The number of quaternary nitrogens is 1. The van der Waals surface area contributed by atoms with E-state index < -0.39 is 0 Å². The third-order valence-electron chi connectivity index (χ3n) is 1.45. The van der Waals surface area contributed by atoms with Crippen LogP contribution in [-0.2, 0) is 0 Å². The first-order valence-corrected chi connectivity index (χ1v) is 2.92. The molecule has 0 aromatic heterocycles. The van der Waals surface area contributed by atoms with Crippen molar-refractivity contribution >= 4 is 0 Å². The van der Waals surface area contributed by atoms with Gasteiger partial charge in [-0.3, -0.25) is 0 Å². The molecular formula is C6H16ClNO. The fourth-order valence-corrected chi connectivity index (χ4v) is 0.274. The Morgan fingerprint density at radius 2 is 1.78 bits per heavy atom. The van der Waals surface area contributed by atoms with Crippen molar-refractivity contribution in [3.05, 3.63) is 0 Å². The summed E-state index contributed by atoms with van der Waals surface area (Å²) in [6, 6.07) is 0.155. The van der Waals surface area contributed by atoms with Gasteiger partial charge in [0.1, 0.15) is 6.04 Å². The van der Waals surface area contributed by atoms with Crippen molar-refractivity contribution in [2.45, 2.75) is 26.8 Å². The molecule has 1 atom stereocenters. The van der Waals surface area contributed by atoms with Gasteiger partial charge in [0.15, 0.2) is 0 Å². The molecular weight excluding hydrogens is 138 g/mol. The topological polar surface area (TPSA) is 47.9 Å². The van der Waals surface area contributed by atoms with Gasteiger partial charge in [-0.1, -0.05) is 20.8 Å². The van der Waals surface area contributed by atoms with E-state index in [2.05, 4.69) is 26.5 Å². The number of hydrogen-bond donors (Lipinski definition) is 2. The Kier molecular flexibility index (Phi) is 5.43. The van der Waals surface area contributed by atoms with E-state index in [0.717, 1.165) is 0 Å². The van der Waals surface area contributed by atoms with Gasteiger partial charge in [0.2, 0.25) is 0 Å². The molecule has 0 saturated carbocycles. The first-order valence-electron chi connectivity index (χ1n) is 2.92. The van der Waals surface area contributed by atoms with Crippen molar-refractivity contribution in [2.75, 3.05) is 6.61 Å². The van der Waals surface area contributed by atoms with E-state index in [1.165, 1.54) is 0 Å². The molecule has 4 N–H and O–H groups in total. The quantitative estimate of drug-likeness (QED) is 0.406. The highest BCUT2D eigenvalue weighted by molar-refractivity contribution is 4.69. The lowest BCUT2D eigenvalue weighted by Crippen LogP contribution is -3.00. The fraction of sp³-hybridized carbons (Fsp3) is 1.00. The summed E-state index contributed by atoms with van der Waals surface area (Å²) < 4.78 is 0. The van der Waals surface area contributed by atoms with Crippen LogP contribution in [0, 0.1) is 5.41 Å². The smallest absolute Gasteiger partial charge is 0.113 e. The Bertz CT molecular complexity index is 69.9. The van der Waals surface area contributed by atoms with Crippen molar-refractivity contribution in [2.24, 2.45) is 5.41 Å². The molecule has 0 rings (SSSR count). The zero-order valence-electron chi connectivity index (χ0n) is 6.32. The SMILES string of the molecule is CC(C)(C)[C@H]([NH3+])CO.[Cl-]. The van der Waals surface area contributed by atoms with Gasteiger partial charge in [-0.05, 0) is 0 Å². The molecule has 0 heterocycles. The molecule has 0 aliphatic heterocycles. The van der Waals surface area contributed by atoms with Crippen LogP contribution in [0.4, 0.5) is 0 Å². The van der Waals surface area contributed by atoms with Crippen molar-refractivity contribution in [1.29, 1.82) is 0 Å². The molecule has 0 aromatic rings. The Balaban J connectivity index is 0. The predicted octanol–water partition coefficient (Wildman–Crippen LogP) is -3.36. The van der Waals surface area contributed by atoms with E-state index in [1.54, 1.807) is 0 Å². The van der Waals surface area contributed by atoms with Crippen LogP contribution in [-0.4, -0.2) is 17.8 Å². The third kappa shape index (κ3) is 4.70. The van der Waals surface area contributed by atoms with Gasteiger partial charge >= 0.3 is 0 Å². The van der Waals surface area contributed by atoms with Crippen LogP contribution in [0.5, 0.6) is 0 Å². The zero-order valence-corrected chi connectivity index (χ0v) is 7.07. The van der Waals surface area contributed by atoms with Crippen molar-refractivity contribution in [1.82, 2.24) is 0 Å². The van der Waals surface area contributed by atoms with Crippen LogP contribution in [0.3, 0.4) is 0 Å². The summed E-state index contributed by atoms with van der Waals surface area (Å²) in [5.74, 6) is 0. The average molecular weight is 154 g/mol. The molecule has 0 saturated heterocycles. The molecule has 0 fully saturated rings. The largest absolute Gasteiger partial charge is 1.00 e. The minimum atomic E-state index is 0. The summed E-state index contributed by atoms with van der Waals surface area (Å²) >= 11 is 0. The Hall–Kier alpha value is 0.210. The highest BCUT2D eigenvalue weighted by atomic mass is 35.5. The summed E-state index contributed by atoms with van der Waals surface area (Å²) in [7, 11) is 0. The summed E-state index contributed by atoms with van der Waals surface area (Å²) in [5, 5.41) is 8.61. The lowest BCUT2D eigenvalue weighted by atomic mass is 9.88. The second-order valence-corrected chi connectivity index (χ2v) is 3.25. The molecule has 0 radical (unpaired) electrons. The second-order valence-electron chi connectivity index (χ2n) is 3.25. The van der Waals surface area contributed by atoms with Crippen LogP contribution in [0.15, 0.2) is 0 Å². The molecule has 58 valence electrons.